The van der Waals surface area contributed by atoms with Crippen LogP contribution >= 0.6 is 11.3 Å². The minimum Gasteiger partial charge on any atom is -0.330 e. The maximum Gasteiger partial charge on any atom is 0.240 e. The fraction of sp³-hybridized carbons (Fsp3) is 0.636. The molecule has 94 valence electrons. The number of hydrogen-bond donors (Lipinski definition) is 2. The second-order valence-electron chi connectivity index (χ2n) is 4.34. The van der Waals surface area contributed by atoms with Gasteiger partial charge < -0.3 is 11.1 Å². The Labute approximate surface area is 105 Å². The van der Waals surface area contributed by atoms with Crippen molar-refractivity contribution in [2.45, 2.75) is 12.8 Å². The molecule has 1 amide bonds. The first kappa shape index (κ1) is 12.5. The SMILES string of the molecule is NCC1CCN(CC(=O)Nc2nccs2)CC1. The quantitative estimate of drug-likeness (QED) is 0.832. The smallest absolute Gasteiger partial charge is 0.240 e. The fourth-order valence-corrected chi connectivity index (χ4v) is 2.57. The zero-order valence-corrected chi connectivity index (χ0v) is 10.6. The molecule has 0 aromatic carbocycles. The molecule has 6 heteroatoms. The molecule has 0 saturated carbocycles. The second-order valence-corrected chi connectivity index (χ2v) is 5.24. The van der Waals surface area contributed by atoms with Gasteiger partial charge in [0.15, 0.2) is 5.13 Å². The standard InChI is InChI=1S/C11H18N4OS/c12-7-9-1-4-15(5-2-9)8-10(16)14-11-13-3-6-17-11/h3,6,9H,1-2,4-5,7-8,12H2,(H,13,14,16). The van der Waals surface area contributed by atoms with Gasteiger partial charge in [-0.25, -0.2) is 4.98 Å². The van der Waals surface area contributed by atoms with Gasteiger partial charge in [-0.2, -0.15) is 0 Å². The molecule has 17 heavy (non-hydrogen) atoms. The zero-order chi connectivity index (χ0) is 12.1. The summed E-state index contributed by atoms with van der Waals surface area (Å²) in [7, 11) is 0. The molecule has 1 aliphatic rings. The highest BCUT2D eigenvalue weighted by Crippen LogP contribution is 2.16. The van der Waals surface area contributed by atoms with Gasteiger partial charge in [-0.05, 0) is 38.4 Å². The maximum absolute atomic E-state index is 11.7. The van der Waals surface area contributed by atoms with Gasteiger partial charge in [0, 0.05) is 11.6 Å². The van der Waals surface area contributed by atoms with Gasteiger partial charge in [-0.3, -0.25) is 9.69 Å². The van der Waals surface area contributed by atoms with E-state index in [2.05, 4.69) is 15.2 Å². The Morgan fingerprint density at radius 2 is 2.35 bits per heavy atom. The van der Waals surface area contributed by atoms with Crippen LogP contribution in [0.2, 0.25) is 0 Å². The molecule has 0 radical (unpaired) electrons. The summed E-state index contributed by atoms with van der Waals surface area (Å²) in [6.07, 6.45) is 3.88. The number of piperidine rings is 1. The first-order valence-corrected chi connectivity index (χ1v) is 6.77. The van der Waals surface area contributed by atoms with E-state index in [0.29, 0.717) is 17.6 Å². The van der Waals surface area contributed by atoms with Crippen LogP contribution in [0.5, 0.6) is 0 Å². The third-order valence-electron chi connectivity index (χ3n) is 3.09. The van der Waals surface area contributed by atoms with Gasteiger partial charge in [-0.1, -0.05) is 0 Å². The maximum atomic E-state index is 11.7. The molecule has 0 bridgehead atoms. The van der Waals surface area contributed by atoms with Crippen molar-refractivity contribution in [3.63, 3.8) is 0 Å². The van der Waals surface area contributed by atoms with Gasteiger partial charge in [0.05, 0.1) is 6.54 Å². The van der Waals surface area contributed by atoms with Crippen molar-refractivity contribution in [1.29, 1.82) is 0 Å². The highest BCUT2D eigenvalue weighted by molar-refractivity contribution is 7.13. The number of anilines is 1. The van der Waals surface area contributed by atoms with Crippen LogP contribution < -0.4 is 11.1 Å². The normalized spacial score (nSPS) is 18.2. The van der Waals surface area contributed by atoms with Crippen molar-refractivity contribution in [3.8, 4) is 0 Å². The lowest BCUT2D eigenvalue weighted by Gasteiger charge is -2.30. The number of nitrogens with one attached hydrogen (secondary N) is 1. The first-order chi connectivity index (χ1) is 8.28. The molecule has 1 aromatic heterocycles. The minimum absolute atomic E-state index is 0.0196. The highest BCUT2D eigenvalue weighted by Gasteiger charge is 2.19. The summed E-state index contributed by atoms with van der Waals surface area (Å²) in [5.74, 6) is 0.652. The lowest BCUT2D eigenvalue weighted by molar-refractivity contribution is -0.117. The van der Waals surface area contributed by atoms with Crippen molar-refractivity contribution in [1.82, 2.24) is 9.88 Å². The number of thiazole rings is 1. The molecule has 3 N–H and O–H groups in total. The molecule has 1 aromatic rings. The molecular weight excluding hydrogens is 236 g/mol. The lowest BCUT2D eigenvalue weighted by atomic mass is 9.97. The van der Waals surface area contributed by atoms with Crippen LogP contribution in [0.15, 0.2) is 11.6 Å². The molecule has 0 atom stereocenters. The molecule has 1 fully saturated rings. The Morgan fingerprint density at radius 3 is 2.94 bits per heavy atom. The monoisotopic (exact) mass is 254 g/mol. The second kappa shape index (κ2) is 6.09. The van der Waals surface area contributed by atoms with Gasteiger partial charge in [-0.15, -0.1) is 11.3 Å². The molecule has 1 saturated heterocycles. The number of nitrogens with two attached hydrogens (primary N) is 1. The van der Waals surface area contributed by atoms with E-state index in [0.717, 1.165) is 32.5 Å². The van der Waals surface area contributed by atoms with E-state index in [9.17, 15) is 4.79 Å². The number of hydrogen-bond acceptors (Lipinski definition) is 5. The predicted octanol–water partition coefficient (Wildman–Crippen LogP) is 0.752. The van der Waals surface area contributed by atoms with E-state index < -0.39 is 0 Å². The number of carbonyl (C=O) groups excluding carboxylic acids is 1. The third kappa shape index (κ3) is 3.76. The van der Waals surface area contributed by atoms with E-state index in [1.165, 1.54) is 11.3 Å². The minimum atomic E-state index is 0.0196. The van der Waals surface area contributed by atoms with Crippen LogP contribution in [0, 0.1) is 5.92 Å². The van der Waals surface area contributed by atoms with Crippen LogP contribution in [0.1, 0.15) is 12.8 Å². The van der Waals surface area contributed by atoms with E-state index in [1.54, 1.807) is 6.20 Å². The number of aromatic nitrogens is 1. The molecule has 5 nitrogen and oxygen atoms in total. The summed E-state index contributed by atoms with van der Waals surface area (Å²) in [6, 6.07) is 0. The van der Waals surface area contributed by atoms with Crippen LogP contribution in [-0.4, -0.2) is 42.0 Å². The number of rotatable bonds is 4. The van der Waals surface area contributed by atoms with Crippen molar-refractivity contribution >= 4 is 22.4 Å². The number of carbonyl (C=O) groups is 1. The number of nitrogens with zero attached hydrogens (tertiary/aromatic N) is 2. The van der Waals surface area contributed by atoms with Crippen LogP contribution in [0.4, 0.5) is 5.13 Å². The van der Waals surface area contributed by atoms with Gasteiger partial charge in [0.25, 0.3) is 0 Å². The molecule has 0 spiro atoms. The number of amides is 1. The Morgan fingerprint density at radius 1 is 1.59 bits per heavy atom. The molecule has 0 aliphatic carbocycles. The van der Waals surface area contributed by atoms with E-state index in [4.69, 9.17) is 5.73 Å². The Kier molecular flexibility index (Phi) is 4.47. The van der Waals surface area contributed by atoms with Crippen LogP contribution in [0.3, 0.4) is 0 Å². The number of likely N-dealkylation sites (tertiary alicyclic amines) is 1. The lowest BCUT2D eigenvalue weighted by Crippen LogP contribution is -2.40. The Balaban J connectivity index is 1.72. The Bertz CT molecular complexity index is 346. The fourth-order valence-electron chi connectivity index (χ4n) is 2.03. The summed E-state index contributed by atoms with van der Waals surface area (Å²) in [4.78, 5) is 17.9. The van der Waals surface area contributed by atoms with Crippen molar-refractivity contribution in [2.24, 2.45) is 11.7 Å². The average Bonchev–Trinajstić information content (AvgIpc) is 2.82. The van der Waals surface area contributed by atoms with Crippen molar-refractivity contribution in [3.05, 3.63) is 11.6 Å². The van der Waals surface area contributed by atoms with E-state index in [-0.39, 0.29) is 5.91 Å². The van der Waals surface area contributed by atoms with Gasteiger partial charge in [0.1, 0.15) is 0 Å². The average molecular weight is 254 g/mol. The topological polar surface area (TPSA) is 71.2 Å². The van der Waals surface area contributed by atoms with E-state index >= 15 is 0 Å². The highest BCUT2D eigenvalue weighted by atomic mass is 32.1. The zero-order valence-electron chi connectivity index (χ0n) is 9.76. The van der Waals surface area contributed by atoms with E-state index in [1.807, 2.05) is 5.38 Å². The molecule has 2 heterocycles. The molecular formula is C11H18N4OS. The van der Waals surface area contributed by atoms with Crippen molar-refractivity contribution in [2.75, 3.05) is 31.5 Å². The summed E-state index contributed by atoms with van der Waals surface area (Å²) in [5.41, 5.74) is 5.64. The molecule has 2 rings (SSSR count). The summed E-state index contributed by atoms with van der Waals surface area (Å²) >= 11 is 1.44. The molecule has 0 unspecified atom stereocenters. The Hall–Kier alpha value is -0.980. The molecule has 1 aliphatic heterocycles. The summed E-state index contributed by atoms with van der Waals surface area (Å²) < 4.78 is 0. The van der Waals surface area contributed by atoms with Crippen molar-refractivity contribution < 1.29 is 4.79 Å². The van der Waals surface area contributed by atoms with Gasteiger partial charge >= 0.3 is 0 Å². The third-order valence-corrected chi connectivity index (χ3v) is 3.77. The van der Waals surface area contributed by atoms with Crippen LogP contribution in [-0.2, 0) is 4.79 Å². The largest absolute Gasteiger partial charge is 0.330 e. The summed E-state index contributed by atoms with van der Waals surface area (Å²) in [5, 5.41) is 5.32. The summed E-state index contributed by atoms with van der Waals surface area (Å²) in [6.45, 7) is 3.15. The van der Waals surface area contributed by atoms with Gasteiger partial charge in [0.2, 0.25) is 5.91 Å². The van der Waals surface area contributed by atoms with Crippen LogP contribution in [0.25, 0.3) is 0 Å². The predicted molar refractivity (Wildman–Crippen MR) is 69.0 cm³/mol. The first-order valence-electron chi connectivity index (χ1n) is 5.89.